The third-order valence-corrected chi connectivity index (χ3v) is 3.67. The summed E-state index contributed by atoms with van der Waals surface area (Å²) >= 11 is 0. The summed E-state index contributed by atoms with van der Waals surface area (Å²) < 4.78 is 0. The van der Waals surface area contributed by atoms with Crippen LogP contribution in [0.2, 0.25) is 0 Å². The molecule has 1 aliphatic heterocycles. The normalized spacial score (nSPS) is 22.1. The van der Waals surface area contributed by atoms with Gasteiger partial charge < -0.3 is 5.32 Å². The SMILES string of the molecule is C=C(CNC(C)(C)C)CN1CCCCC1CCC. The summed E-state index contributed by atoms with van der Waals surface area (Å²) in [4.78, 5) is 2.65. The van der Waals surface area contributed by atoms with Crippen molar-refractivity contribution in [2.45, 2.75) is 71.4 Å². The summed E-state index contributed by atoms with van der Waals surface area (Å²) in [5.41, 5.74) is 1.51. The molecule has 0 aromatic heterocycles. The Morgan fingerprint density at radius 3 is 2.67 bits per heavy atom. The van der Waals surface area contributed by atoms with Crippen LogP contribution in [0.4, 0.5) is 0 Å². The van der Waals surface area contributed by atoms with E-state index in [1.165, 1.54) is 44.2 Å². The van der Waals surface area contributed by atoms with Crippen molar-refractivity contribution < 1.29 is 0 Å². The molecule has 0 radical (unpaired) electrons. The summed E-state index contributed by atoms with van der Waals surface area (Å²) in [7, 11) is 0. The summed E-state index contributed by atoms with van der Waals surface area (Å²) in [5, 5.41) is 3.53. The second-order valence-corrected chi connectivity index (χ2v) is 6.76. The van der Waals surface area contributed by atoms with Crippen molar-refractivity contribution in [1.29, 1.82) is 0 Å². The molecule has 0 aromatic carbocycles. The molecule has 1 unspecified atom stereocenters. The first-order valence-electron chi connectivity index (χ1n) is 7.58. The van der Waals surface area contributed by atoms with Crippen LogP contribution < -0.4 is 5.32 Å². The second-order valence-electron chi connectivity index (χ2n) is 6.76. The van der Waals surface area contributed by atoms with Crippen molar-refractivity contribution in [3.63, 3.8) is 0 Å². The molecule has 2 nitrogen and oxygen atoms in total. The molecule has 0 aromatic rings. The maximum absolute atomic E-state index is 4.24. The fraction of sp³-hybridized carbons (Fsp3) is 0.875. The van der Waals surface area contributed by atoms with Crippen molar-refractivity contribution in [1.82, 2.24) is 10.2 Å². The van der Waals surface area contributed by atoms with Crippen molar-refractivity contribution in [2.75, 3.05) is 19.6 Å². The molecule has 1 heterocycles. The minimum Gasteiger partial charge on any atom is -0.308 e. The Bertz CT molecular complexity index is 250. The van der Waals surface area contributed by atoms with E-state index in [9.17, 15) is 0 Å². The lowest BCUT2D eigenvalue weighted by Gasteiger charge is -2.36. The van der Waals surface area contributed by atoms with Crippen LogP contribution in [0.5, 0.6) is 0 Å². The average molecular weight is 252 g/mol. The molecule has 106 valence electrons. The molecule has 2 heteroatoms. The van der Waals surface area contributed by atoms with Gasteiger partial charge in [-0.2, -0.15) is 0 Å². The second kappa shape index (κ2) is 7.30. The van der Waals surface area contributed by atoms with Gasteiger partial charge in [0.2, 0.25) is 0 Å². The molecule has 1 aliphatic rings. The highest BCUT2D eigenvalue weighted by Gasteiger charge is 2.21. The van der Waals surface area contributed by atoms with Gasteiger partial charge in [-0.05, 0) is 52.2 Å². The summed E-state index contributed by atoms with van der Waals surface area (Å²) in [5.74, 6) is 0. The lowest BCUT2D eigenvalue weighted by atomic mass is 9.97. The molecular formula is C16H32N2. The number of hydrogen-bond acceptors (Lipinski definition) is 2. The Balaban J connectivity index is 2.36. The molecule has 1 atom stereocenters. The third kappa shape index (κ3) is 6.01. The number of likely N-dealkylation sites (tertiary alicyclic amines) is 1. The standard InChI is InChI=1S/C16H32N2/c1-6-9-15-10-7-8-11-18(15)13-14(2)12-17-16(3,4)5/h15,17H,2,6-13H2,1,3-5H3. The highest BCUT2D eigenvalue weighted by Crippen LogP contribution is 2.21. The largest absolute Gasteiger partial charge is 0.308 e. The van der Waals surface area contributed by atoms with Gasteiger partial charge in [-0.3, -0.25) is 4.90 Å². The van der Waals surface area contributed by atoms with E-state index in [1.807, 2.05) is 0 Å². The Labute approximate surface area is 114 Å². The number of piperidine rings is 1. The zero-order chi connectivity index (χ0) is 13.6. The fourth-order valence-electron chi connectivity index (χ4n) is 2.66. The average Bonchev–Trinajstić information content (AvgIpc) is 2.29. The van der Waals surface area contributed by atoms with Gasteiger partial charge in [-0.25, -0.2) is 0 Å². The predicted molar refractivity (Wildman–Crippen MR) is 81.0 cm³/mol. The zero-order valence-corrected chi connectivity index (χ0v) is 12.9. The van der Waals surface area contributed by atoms with Crippen LogP contribution in [0, 0.1) is 0 Å². The number of rotatable bonds is 6. The molecule has 0 aliphatic carbocycles. The Morgan fingerprint density at radius 2 is 2.06 bits per heavy atom. The maximum Gasteiger partial charge on any atom is 0.0205 e. The quantitative estimate of drug-likeness (QED) is 0.727. The van der Waals surface area contributed by atoms with Gasteiger partial charge in [0, 0.05) is 24.7 Å². The summed E-state index contributed by atoms with van der Waals surface area (Å²) in [6, 6.07) is 0.801. The van der Waals surface area contributed by atoms with Gasteiger partial charge in [0.25, 0.3) is 0 Å². The number of nitrogens with zero attached hydrogens (tertiary/aromatic N) is 1. The fourth-order valence-corrected chi connectivity index (χ4v) is 2.66. The summed E-state index contributed by atoms with van der Waals surface area (Å²) in [6.07, 6.45) is 6.80. The van der Waals surface area contributed by atoms with Gasteiger partial charge >= 0.3 is 0 Å². The first kappa shape index (κ1) is 15.7. The van der Waals surface area contributed by atoms with E-state index in [1.54, 1.807) is 0 Å². The van der Waals surface area contributed by atoms with Crippen molar-refractivity contribution in [3.8, 4) is 0 Å². The van der Waals surface area contributed by atoms with Gasteiger partial charge in [0.1, 0.15) is 0 Å². The smallest absolute Gasteiger partial charge is 0.0205 e. The molecule has 0 amide bonds. The van der Waals surface area contributed by atoms with Crippen LogP contribution in [-0.4, -0.2) is 36.1 Å². The third-order valence-electron chi connectivity index (χ3n) is 3.67. The predicted octanol–water partition coefficient (Wildman–Crippen LogP) is 3.59. The minimum absolute atomic E-state index is 0.188. The first-order chi connectivity index (χ1) is 8.42. The maximum atomic E-state index is 4.24. The van der Waals surface area contributed by atoms with Crippen LogP contribution in [0.15, 0.2) is 12.2 Å². The van der Waals surface area contributed by atoms with E-state index >= 15 is 0 Å². The van der Waals surface area contributed by atoms with E-state index in [0.29, 0.717) is 0 Å². The minimum atomic E-state index is 0.188. The monoisotopic (exact) mass is 252 g/mol. The highest BCUT2D eigenvalue weighted by atomic mass is 15.2. The topological polar surface area (TPSA) is 15.3 Å². The van der Waals surface area contributed by atoms with Crippen LogP contribution in [0.3, 0.4) is 0 Å². The van der Waals surface area contributed by atoms with Crippen LogP contribution in [0.25, 0.3) is 0 Å². The Morgan fingerprint density at radius 1 is 1.33 bits per heavy atom. The van der Waals surface area contributed by atoms with Crippen LogP contribution >= 0.6 is 0 Å². The molecule has 1 saturated heterocycles. The van der Waals surface area contributed by atoms with E-state index in [2.05, 4.69) is 44.5 Å². The molecular weight excluding hydrogens is 220 g/mol. The Hall–Kier alpha value is -0.340. The Kier molecular flexibility index (Phi) is 6.37. The first-order valence-corrected chi connectivity index (χ1v) is 7.58. The lowest BCUT2D eigenvalue weighted by molar-refractivity contribution is 0.151. The van der Waals surface area contributed by atoms with E-state index < -0.39 is 0 Å². The molecule has 0 spiro atoms. The van der Waals surface area contributed by atoms with Crippen molar-refractivity contribution in [2.24, 2.45) is 0 Å². The summed E-state index contributed by atoms with van der Waals surface area (Å²) in [6.45, 7) is 16.4. The van der Waals surface area contributed by atoms with Gasteiger partial charge in [-0.15, -0.1) is 0 Å². The van der Waals surface area contributed by atoms with Crippen LogP contribution in [-0.2, 0) is 0 Å². The molecule has 0 bridgehead atoms. The zero-order valence-electron chi connectivity index (χ0n) is 12.9. The molecule has 1 fully saturated rings. The molecule has 1 N–H and O–H groups in total. The van der Waals surface area contributed by atoms with E-state index in [4.69, 9.17) is 0 Å². The lowest BCUT2D eigenvalue weighted by Crippen LogP contribution is -2.43. The van der Waals surface area contributed by atoms with E-state index in [0.717, 1.165) is 19.1 Å². The highest BCUT2D eigenvalue weighted by molar-refractivity contribution is 5.02. The van der Waals surface area contributed by atoms with Crippen molar-refractivity contribution in [3.05, 3.63) is 12.2 Å². The van der Waals surface area contributed by atoms with Gasteiger partial charge in [0.05, 0.1) is 0 Å². The molecule has 0 saturated carbocycles. The molecule has 1 rings (SSSR count). The van der Waals surface area contributed by atoms with Gasteiger partial charge in [0.15, 0.2) is 0 Å². The molecule has 18 heavy (non-hydrogen) atoms. The van der Waals surface area contributed by atoms with E-state index in [-0.39, 0.29) is 5.54 Å². The van der Waals surface area contributed by atoms with Crippen LogP contribution in [0.1, 0.15) is 59.8 Å². The van der Waals surface area contributed by atoms with Gasteiger partial charge in [-0.1, -0.05) is 26.3 Å². The number of hydrogen-bond donors (Lipinski definition) is 1. The van der Waals surface area contributed by atoms with Crippen molar-refractivity contribution >= 4 is 0 Å². The number of nitrogens with one attached hydrogen (secondary N) is 1.